The quantitative estimate of drug-likeness (QED) is 0.214. The van der Waals surface area contributed by atoms with E-state index >= 15 is 0 Å². The summed E-state index contributed by atoms with van der Waals surface area (Å²) in [7, 11) is 0. The molecular weight excluding hydrogens is 516 g/mol. The second-order valence-electron chi connectivity index (χ2n) is 14.9. The van der Waals surface area contributed by atoms with Crippen molar-refractivity contribution in [3.63, 3.8) is 0 Å². The zero-order valence-electron chi connectivity index (χ0n) is 27.2. The number of benzene rings is 1. The number of carbonyl (C=O) groups excluding carboxylic acids is 2. The summed E-state index contributed by atoms with van der Waals surface area (Å²) in [6, 6.07) is 6.64. The van der Waals surface area contributed by atoms with E-state index in [1.54, 1.807) is 24.3 Å². The second kappa shape index (κ2) is 13.1. The molecule has 2 saturated heterocycles. The Kier molecular flexibility index (Phi) is 10.7. The number of rotatable bonds is 11. The molecule has 0 saturated carbocycles. The molecule has 0 atom stereocenters. The van der Waals surface area contributed by atoms with E-state index in [4.69, 9.17) is 9.47 Å². The lowest BCUT2D eigenvalue weighted by molar-refractivity contribution is -0.256. The number of nitrogens with zero attached hydrogens (tertiary/aromatic N) is 2. The number of hydrogen-bond donors (Lipinski definition) is 1. The van der Waals surface area contributed by atoms with Crippen LogP contribution >= 0.6 is 0 Å². The van der Waals surface area contributed by atoms with Crippen LogP contribution in [0.25, 0.3) is 0 Å². The van der Waals surface area contributed by atoms with Crippen LogP contribution in [0.15, 0.2) is 24.3 Å². The third-order valence-electron chi connectivity index (χ3n) is 9.13. The molecule has 7 nitrogen and oxygen atoms in total. The summed E-state index contributed by atoms with van der Waals surface area (Å²) in [5.74, 6) is -0.871. The van der Waals surface area contributed by atoms with Gasteiger partial charge in [-0.1, -0.05) is 45.1 Å². The molecule has 0 unspecified atom stereocenters. The van der Waals surface area contributed by atoms with Gasteiger partial charge in [-0.05, 0) is 86.6 Å². The molecule has 1 aromatic rings. The topological polar surface area (TPSA) is 79.3 Å². The predicted octanol–water partition coefficient (Wildman–Crippen LogP) is 7.79. The van der Waals surface area contributed by atoms with Crippen molar-refractivity contribution in [2.24, 2.45) is 0 Å². The van der Waals surface area contributed by atoms with Crippen LogP contribution in [0.1, 0.15) is 147 Å². The first-order chi connectivity index (χ1) is 19.0. The normalized spacial score (nSPS) is 22.8. The van der Waals surface area contributed by atoms with E-state index in [1.807, 2.05) is 27.7 Å². The molecule has 232 valence electrons. The van der Waals surface area contributed by atoms with Crippen LogP contribution in [0, 0.1) is 0 Å². The summed E-state index contributed by atoms with van der Waals surface area (Å²) < 4.78 is 11.9. The summed E-state index contributed by atoms with van der Waals surface area (Å²) in [5, 5.41) is 11.9. The third-order valence-corrected chi connectivity index (χ3v) is 9.13. The van der Waals surface area contributed by atoms with E-state index in [-0.39, 0.29) is 23.3 Å². The van der Waals surface area contributed by atoms with Crippen LogP contribution in [-0.4, -0.2) is 68.0 Å². The first kappa shape index (κ1) is 33.5. The summed E-state index contributed by atoms with van der Waals surface area (Å²) in [6.07, 6.45) is 9.70. The number of hydrogen-bond acceptors (Lipinski definition) is 7. The fourth-order valence-corrected chi connectivity index (χ4v) is 7.44. The van der Waals surface area contributed by atoms with Crippen molar-refractivity contribution in [1.29, 1.82) is 0 Å². The van der Waals surface area contributed by atoms with Gasteiger partial charge in [0.25, 0.3) is 0 Å². The number of ether oxygens (including phenoxy) is 2. The number of carbonyl (C=O) groups is 2. The van der Waals surface area contributed by atoms with Gasteiger partial charge in [0.05, 0.1) is 11.1 Å². The highest BCUT2D eigenvalue weighted by Gasteiger charge is 2.47. The molecule has 41 heavy (non-hydrogen) atoms. The van der Waals surface area contributed by atoms with Crippen LogP contribution < -0.4 is 0 Å². The summed E-state index contributed by atoms with van der Waals surface area (Å²) >= 11 is 0. The van der Waals surface area contributed by atoms with Crippen molar-refractivity contribution in [3.8, 4) is 0 Å². The molecule has 0 spiro atoms. The SMILES string of the molecule is CCCCCCCCN1C(C)(C)CC(OC(=O)c2cccc(C(=O)OC3CC(C)(C)N(O)C(C)(C)C3)c2)CC1(C)C. The van der Waals surface area contributed by atoms with Gasteiger partial charge in [-0.3, -0.25) is 4.90 Å². The van der Waals surface area contributed by atoms with E-state index in [0.717, 1.165) is 19.4 Å². The number of piperidine rings is 2. The lowest BCUT2D eigenvalue weighted by Crippen LogP contribution is -2.62. The molecule has 3 rings (SSSR count). The lowest BCUT2D eigenvalue weighted by atomic mass is 9.78. The molecule has 0 aliphatic carbocycles. The van der Waals surface area contributed by atoms with Gasteiger partial charge in [0.15, 0.2) is 0 Å². The number of esters is 2. The maximum absolute atomic E-state index is 13.3. The number of likely N-dealkylation sites (tertiary alicyclic amines) is 1. The van der Waals surface area contributed by atoms with Gasteiger partial charge in [0.2, 0.25) is 0 Å². The van der Waals surface area contributed by atoms with Crippen LogP contribution in [0.4, 0.5) is 0 Å². The Bertz CT molecular complexity index is 1010. The predicted molar refractivity (Wildman–Crippen MR) is 163 cm³/mol. The highest BCUT2D eigenvalue weighted by atomic mass is 16.6. The average Bonchev–Trinajstić information content (AvgIpc) is 2.85. The van der Waals surface area contributed by atoms with Crippen molar-refractivity contribution in [2.75, 3.05) is 6.54 Å². The summed E-state index contributed by atoms with van der Waals surface area (Å²) in [4.78, 5) is 29.0. The molecule has 2 fully saturated rings. The zero-order valence-corrected chi connectivity index (χ0v) is 27.2. The Labute approximate surface area is 248 Å². The zero-order chi connectivity index (χ0) is 30.6. The first-order valence-corrected chi connectivity index (χ1v) is 15.8. The molecular formula is C34H56N2O5. The monoisotopic (exact) mass is 572 g/mol. The van der Waals surface area contributed by atoms with Gasteiger partial charge < -0.3 is 14.7 Å². The molecule has 7 heteroatoms. The minimum atomic E-state index is -0.524. The maximum atomic E-state index is 13.3. The van der Waals surface area contributed by atoms with Gasteiger partial charge in [-0.15, -0.1) is 0 Å². The Morgan fingerprint density at radius 2 is 1.15 bits per heavy atom. The summed E-state index contributed by atoms with van der Waals surface area (Å²) in [5.41, 5.74) is -0.541. The smallest absolute Gasteiger partial charge is 0.338 e. The fraction of sp³-hybridized carbons (Fsp3) is 0.765. The van der Waals surface area contributed by atoms with Gasteiger partial charge in [-0.25, -0.2) is 9.59 Å². The fourth-order valence-electron chi connectivity index (χ4n) is 7.44. The van der Waals surface area contributed by atoms with Gasteiger partial charge in [0.1, 0.15) is 12.2 Å². The van der Waals surface area contributed by atoms with Crippen LogP contribution in [0.3, 0.4) is 0 Å². The molecule has 1 N–H and O–H groups in total. The largest absolute Gasteiger partial charge is 0.459 e. The Balaban J connectivity index is 1.60. The van der Waals surface area contributed by atoms with E-state index in [2.05, 4.69) is 39.5 Å². The van der Waals surface area contributed by atoms with Gasteiger partial charge in [-0.2, -0.15) is 5.06 Å². The van der Waals surface area contributed by atoms with Crippen LogP contribution in [-0.2, 0) is 9.47 Å². The minimum Gasteiger partial charge on any atom is -0.459 e. The van der Waals surface area contributed by atoms with E-state index in [9.17, 15) is 14.8 Å². The highest BCUT2D eigenvalue weighted by Crippen LogP contribution is 2.40. The third kappa shape index (κ3) is 8.55. The van der Waals surface area contributed by atoms with E-state index in [0.29, 0.717) is 24.0 Å². The van der Waals surface area contributed by atoms with Crippen LogP contribution in [0.2, 0.25) is 0 Å². The number of unbranched alkanes of at least 4 members (excludes halogenated alkanes) is 5. The molecule has 2 aliphatic heterocycles. The van der Waals surface area contributed by atoms with E-state index in [1.165, 1.54) is 43.6 Å². The van der Waals surface area contributed by atoms with Crippen molar-refractivity contribution in [3.05, 3.63) is 35.4 Å². The van der Waals surface area contributed by atoms with E-state index < -0.39 is 23.0 Å². The van der Waals surface area contributed by atoms with Gasteiger partial charge >= 0.3 is 11.9 Å². The second-order valence-corrected chi connectivity index (χ2v) is 14.9. The van der Waals surface area contributed by atoms with Gasteiger partial charge in [0, 0.05) is 47.8 Å². The van der Waals surface area contributed by atoms with Crippen molar-refractivity contribution < 1.29 is 24.3 Å². The average molecular weight is 573 g/mol. The molecule has 1 aromatic carbocycles. The molecule has 2 heterocycles. The highest BCUT2D eigenvalue weighted by molar-refractivity contribution is 5.95. The number of hydroxylamine groups is 2. The Morgan fingerprint density at radius 3 is 1.61 bits per heavy atom. The summed E-state index contributed by atoms with van der Waals surface area (Å²) in [6.45, 7) is 20.1. The minimum absolute atomic E-state index is 0.0898. The Morgan fingerprint density at radius 1 is 0.732 bits per heavy atom. The van der Waals surface area contributed by atoms with Crippen molar-refractivity contribution in [2.45, 2.75) is 161 Å². The first-order valence-electron chi connectivity index (χ1n) is 15.8. The lowest BCUT2D eigenvalue weighted by Gasteiger charge is -2.55. The molecule has 0 aromatic heterocycles. The molecule has 0 radical (unpaired) electrons. The molecule has 0 bridgehead atoms. The van der Waals surface area contributed by atoms with Crippen molar-refractivity contribution >= 4 is 11.9 Å². The van der Waals surface area contributed by atoms with Crippen molar-refractivity contribution in [1.82, 2.24) is 9.96 Å². The molecule has 0 amide bonds. The standard InChI is InChI=1S/C34H56N2O5/c1-10-11-12-13-14-15-19-35-31(2,3)21-27(22-32(35,4)5)40-29(37)25-17-16-18-26(20-25)30(38)41-28-23-33(6,7)36(39)34(8,9)24-28/h16-18,20,27-28,39H,10-15,19,21-24H2,1-9H3. The maximum Gasteiger partial charge on any atom is 0.338 e. The van der Waals surface area contributed by atoms with Crippen LogP contribution in [0.5, 0.6) is 0 Å². The Hall–Kier alpha value is -1.96. The molecule has 2 aliphatic rings.